The van der Waals surface area contributed by atoms with Crippen LogP contribution in [-0.4, -0.2) is 30.4 Å². The largest absolute Gasteiger partial charge is 0.338 e. The molecule has 0 radical (unpaired) electrons. The summed E-state index contributed by atoms with van der Waals surface area (Å²) in [5.41, 5.74) is 7.64. The number of rotatable bonds is 2. The van der Waals surface area contributed by atoms with Gasteiger partial charge in [-0.1, -0.05) is 6.07 Å². The van der Waals surface area contributed by atoms with Crippen molar-refractivity contribution in [3.8, 4) is 0 Å². The van der Waals surface area contributed by atoms with E-state index in [-0.39, 0.29) is 18.3 Å². The Morgan fingerprint density at radius 1 is 1.56 bits per heavy atom. The maximum absolute atomic E-state index is 12.3. The zero-order valence-corrected chi connectivity index (χ0v) is 13.3. The molecule has 2 rings (SSSR count). The lowest BCUT2D eigenvalue weighted by atomic mass is 10.1. The Balaban J connectivity index is 0.00000162. The van der Waals surface area contributed by atoms with Gasteiger partial charge in [-0.25, -0.2) is 0 Å². The van der Waals surface area contributed by atoms with Crippen LogP contribution in [0.25, 0.3) is 0 Å². The number of nitrogens with zero attached hydrogens (tertiary/aromatic N) is 1. The maximum Gasteiger partial charge on any atom is 0.253 e. The fourth-order valence-corrected chi connectivity index (χ4v) is 2.63. The van der Waals surface area contributed by atoms with Gasteiger partial charge in [0.1, 0.15) is 0 Å². The Morgan fingerprint density at radius 3 is 2.83 bits per heavy atom. The van der Waals surface area contributed by atoms with Gasteiger partial charge in [0, 0.05) is 22.2 Å². The van der Waals surface area contributed by atoms with Crippen molar-refractivity contribution in [2.24, 2.45) is 11.7 Å². The minimum atomic E-state index is 0. The molecule has 1 atom stereocenters. The van der Waals surface area contributed by atoms with Gasteiger partial charge in [-0.05, 0) is 66.1 Å². The van der Waals surface area contributed by atoms with Crippen molar-refractivity contribution in [3.05, 3.63) is 32.9 Å². The van der Waals surface area contributed by atoms with E-state index in [9.17, 15) is 4.79 Å². The molecule has 0 aliphatic carbocycles. The number of aryl methyl sites for hydroxylation is 1. The van der Waals surface area contributed by atoms with E-state index in [0.717, 1.165) is 28.6 Å². The molecule has 1 aliphatic heterocycles. The van der Waals surface area contributed by atoms with E-state index in [2.05, 4.69) is 29.5 Å². The molecule has 1 aromatic rings. The van der Waals surface area contributed by atoms with E-state index < -0.39 is 0 Å². The fourth-order valence-electron chi connectivity index (χ4n) is 2.12. The molecular weight excluding hydrogens is 363 g/mol. The number of halogens is 2. The highest BCUT2D eigenvalue weighted by molar-refractivity contribution is 14.1. The topological polar surface area (TPSA) is 46.3 Å². The van der Waals surface area contributed by atoms with Crippen LogP contribution in [0.15, 0.2) is 18.2 Å². The van der Waals surface area contributed by atoms with Crippen molar-refractivity contribution >= 4 is 40.9 Å². The highest BCUT2D eigenvalue weighted by Crippen LogP contribution is 2.20. The van der Waals surface area contributed by atoms with Gasteiger partial charge < -0.3 is 10.6 Å². The number of nitrogens with two attached hydrogens (primary N) is 1. The number of benzene rings is 1. The molecule has 1 unspecified atom stereocenters. The van der Waals surface area contributed by atoms with Gasteiger partial charge in [-0.3, -0.25) is 4.79 Å². The molecular formula is C13H18ClIN2O. The average Bonchev–Trinajstić information content (AvgIpc) is 2.80. The molecule has 1 aliphatic rings. The first-order chi connectivity index (χ1) is 8.11. The molecule has 0 aromatic heterocycles. The molecule has 1 saturated heterocycles. The maximum atomic E-state index is 12.3. The Kier molecular flexibility index (Phi) is 5.88. The molecule has 100 valence electrons. The van der Waals surface area contributed by atoms with Crippen LogP contribution in [-0.2, 0) is 0 Å². The number of hydrogen-bond donors (Lipinski definition) is 1. The first-order valence-corrected chi connectivity index (χ1v) is 6.95. The first kappa shape index (κ1) is 15.7. The molecule has 5 heteroatoms. The van der Waals surface area contributed by atoms with E-state index >= 15 is 0 Å². The second-order valence-electron chi connectivity index (χ2n) is 4.61. The smallest absolute Gasteiger partial charge is 0.253 e. The fraction of sp³-hybridized carbons (Fsp3) is 0.462. The van der Waals surface area contributed by atoms with E-state index in [4.69, 9.17) is 5.73 Å². The summed E-state index contributed by atoms with van der Waals surface area (Å²) < 4.78 is 1.14. The van der Waals surface area contributed by atoms with Crippen LogP contribution < -0.4 is 5.73 Å². The number of hydrogen-bond acceptors (Lipinski definition) is 2. The average molecular weight is 381 g/mol. The van der Waals surface area contributed by atoms with E-state index in [1.807, 2.05) is 23.1 Å². The lowest BCUT2D eigenvalue weighted by Crippen LogP contribution is -2.29. The van der Waals surface area contributed by atoms with Crippen molar-refractivity contribution in [2.45, 2.75) is 13.3 Å². The molecule has 0 spiro atoms. The third kappa shape index (κ3) is 3.36. The van der Waals surface area contributed by atoms with Gasteiger partial charge in [-0.2, -0.15) is 0 Å². The number of likely N-dealkylation sites (tertiary alicyclic amines) is 1. The zero-order valence-electron chi connectivity index (χ0n) is 10.4. The summed E-state index contributed by atoms with van der Waals surface area (Å²) in [6, 6.07) is 5.88. The molecule has 0 bridgehead atoms. The summed E-state index contributed by atoms with van der Waals surface area (Å²) in [6.07, 6.45) is 1.03. The van der Waals surface area contributed by atoms with Gasteiger partial charge in [0.05, 0.1) is 0 Å². The van der Waals surface area contributed by atoms with Gasteiger partial charge >= 0.3 is 0 Å². The lowest BCUT2D eigenvalue weighted by Gasteiger charge is -2.16. The Bertz CT molecular complexity index is 439. The van der Waals surface area contributed by atoms with Crippen LogP contribution in [0.5, 0.6) is 0 Å². The molecule has 1 heterocycles. The summed E-state index contributed by atoms with van der Waals surface area (Å²) in [6.45, 7) is 4.37. The van der Waals surface area contributed by atoms with Gasteiger partial charge in [-0.15, -0.1) is 12.4 Å². The molecule has 1 aromatic carbocycles. The SMILES string of the molecule is Cc1ccc(C(=O)N2CCC(CN)C2)cc1I.Cl. The van der Waals surface area contributed by atoms with Crippen molar-refractivity contribution < 1.29 is 4.79 Å². The van der Waals surface area contributed by atoms with Crippen LogP contribution in [0.1, 0.15) is 22.3 Å². The van der Waals surface area contributed by atoms with Gasteiger partial charge in [0.15, 0.2) is 0 Å². The zero-order chi connectivity index (χ0) is 12.4. The van der Waals surface area contributed by atoms with Gasteiger partial charge in [0.25, 0.3) is 5.91 Å². The molecule has 18 heavy (non-hydrogen) atoms. The van der Waals surface area contributed by atoms with Crippen LogP contribution in [0.3, 0.4) is 0 Å². The van der Waals surface area contributed by atoms with Crippen molar-refractivity contribution in [1.82, 2.24) is 4.90 Å². The second kappa shape index (κ2) is 6.73. The summed E-state index contributed by atoms with van der Waals surface area (Å²) in [7, 11) is 0. The highest BCUT2D eigenvalue weighted by Gasteiger charge is 2.25. The van der Waals surface area contributed by atoms with Crippen LogP contribution in [0.4, 0.5) is 0 Å². The predicted molar refractivity (Wildman–Crippen MR) is 84.2 cm³/mol. The number of amides is 1. The normalized spacial score (nSPS) is 18.6. The Labute approximate surface area is 128 Å². The lowest BCUT2D eigenvalue weighted by molar-refractivity contribution is 0.0787. The summed E-state index contributed by atoms with van der Waals surface area (Å²) in [5.74, 6) is 0.613. The Hall–Kier alpha value is -0.330. The van der Waals surface area contributed by atoms with Gasteiger partial charge in [0.2, 0.25) is 0 Å². The van der Waals surface area contributed by atoms with E-state index in [1.165, 1.54) is 5.56 Å². The van der Waals surface area contributed by atoms with Crippen molar-refractivity contribution in [2.75, 3.05) is 19.6 Å². The third-order valence-corrected chi connectivity index (χ3v) is 4.49. The summed E-state index contributed by atoms with van der Waals surface area (Å²) in [4.78, 5) is 14.2. The molecule has 0 saturated carbocycles. The summed E-state index contributed by atoms with van der Waals surface area (Å²) >= 11 is 2.27. The van der Waals surface area contributed by atoms with Crippen LogP contribution in [0, 0.1) is 16.4 Å². The monoisotopic (exact) mass is 380 g/mol. The van der Waals surface area contributed by atoms with Crippen molar-refractivity contribution in [1.29, 1.82) is 0 Å². The third-order valence-electron chi connectivity index (χ3n) is 3.33. The molecule has 1 amide bonds. The van der Waals surface area contributed by atoms with Crippen molar-refractivity contribution in [3.63, 3.8) is 0 Å². The highest BCUT2D eigenvalue weighted by atomic mass is 127. The first-order valence-electron chi connectivity index (χ1n) is 5.87. The van der Waals surface area contributed by atoms with Crippen LogP contribution in [0.2, 0.25) is 0 Å². The van der Waals surface area contributed by atoms with E-state index in [1.54, 1.807) is 0 Å². The summed E-state index contributed by atoms with van der Waals surface area (Å²) in [5, 5.41) is 0. The predicted octanol–water partition coefficient (Wildman–Crippen LogP) is 2.44. The van der Waals surface area contributed by atoms with E-state index in [0.29, 0.717) is 12.5 Å². The minimum absolute atomic E-state index is 0. The minimum Gasteiger partial charge on any atom is -0.338 e. The molecule has 2 N–H and O–H groups in total. The quantitative estimate of drug-likeness (QED) is 0.801. The van der Waals surface area contributed by atoms with Crippen LogP contribution >= 0.6 is 35.0 Å². The number of carbonyl (C=O) groups excluding carboxylic acids is 1. The molecule has 3 nitrogen and oxygen atoms in total. The second-order valence-corrected chi connectivity index (χ2v) is 5.77. The Morgan fingerprint density at radius 2 is 2.28 bits per heavy atom. The number of carbonyl (C=O) groups is 1. The molecule has 1 fully saturated rings. The standard InChI is InChI=1S/C13H17IN2O.ClH/c1-9-2-3-11(6-12(9)14)13(17)16-5-4-10(7-15)8-16;/h2-3,6,10H,4-5,7-8,15H2,1H3;1H.